The smallest absolute Gasteiger partial charge is 0.245 e. The summed E-state index contributed by atoms with van der Waals surface area (Å²) >= 11 is 0. The fourth-order valence-electron chi connectivity index (χ4n) is 0.218. The van der Waals surface area contributed by atoms with E-state index in [2.05, 4.69) is 10.6 Å². The van der Waals surface area contributed by atoms with E-state index in [0.717, 1.165) is 0 Å². The summed E-state index contributed by atoms with van der Waals surface area (Å²) in [7, 11) is 0. The highest BCUT2D eigenvalue weighted by molar-refractivity contribution is 5.72. The van der Waals surface area contributed by atoms with Crippen LogP contribution in [0.3, 0.4) is 0 Å². The van der Waals surface area contributed by atoms with Gasteiger partial charge in [0.1, 0.15) is 0 Å². The molecule has 45 valence electrons. The molecule has 8 heavy (non-hydrogen) atoms. The van der Waals surface area contributed by atoms with E-state index in [1.165, 1.54) is 0 Å². The second-order valence-electron chi connectivity index (χ2n) is 0.983. The van der Waals surface area contributed by atoms with Crippen LogP contribution in [0.4, 0.5) is 4.79 Å². The SMILES string of the molecule is CC[N]C(=O)NN=O. The highest BCUT2D eigenvalue weighted by atomic mass is 16.3. The lowest BCUT2D eigenvalue weighted by Gasteiger charge is -1.90. The van der Waals surface area contributed by atoms with Crippen LogP contribution >= 0.6 is 0 Å². The van der Waals surface area contributed by atoms with Crippen LogP contribution in [-0.4, -0.2) is 12.6 Å². The maximum absolute atomic E-state index is 10.1. The van der Waals surface area contributed by atoms with E-state index >= 15 is 0 Å². The van der Waals surface area contributed by atoms with Crippen molar-refractivity contribution in [3.8, 4) is 0 Å². The van der Waals surface area contributed by atoms with Gasteiger partial charge in [0.2, 0.25) is 0 Å². The van der Waals surface area contributed by atoms with Crippen molar-refractivity contribution < 1.29 is 4.79 Å². The lowest BCUT2D eigenvalue weighted by atomic mass is 10.7. The van der Waals surface area contributed by atoms with Gasteiger partial charge < -0.3 is 0 Å². The minimum absolute atomic E-state index is 0.362. The molecule has 0 aliphatic carbocycles. The topological polar surface area (TPSA) is 72.6 Å². The number of amides is 2. The van der Waals surface area contributed by atoms with Crippen molar-refractivity contribution in [3.05, 3.63) is 4.91 Å². The number of nitroso groups, excluding NO2 is 1. The lowest BCUT2D eigenvalue weighted by molar-refractivity contribution is 0.241. The van der Waals surface area contributed by atoms with E-state index in [1.54, 1.807) is 12.3 Å². The van der Waals surface area contributed by atoms with Crippen LogP contribution in [0.5, 0.6) is 0 Å². The van der Waals surface area contributed by atoms with Gasteiger partial charge >= 0.3 is 6.03 Å². The van der Waals surface area contributed by atoms with Gasteiger partial charge in [-0.25, -0.2) is 10.1 Å². The first-order valence-corrected chi connectivity index (χ1v) is 2.11. The first-order chi connectivity index (χ1) is 3.81. The Morgan fingerprint density at radius 3 is 2.75 bits per heavy atom. The molecule has 5 heteroatoms. The fraction of sp³-hybridized carbons (Fsp3) is 0.667. The standard InChI is InChI=1S/C3H6N3O2/c1-2-4-3(7)5-6-8/h2H2,1H3,(H,5,7,8). The van der Waals surface area contributed by atoms with E-state index in [4.69, 9.17) is 0 Å². The molecule has 0 spiro atoms. The Morgan fingerprint density at radius 1 is 1.75 bits per heavy atom. The van der Waals surface area contributed by atoms with Crippen LogP contribution in [0.1, 0.15) is 6.92 Å². The quantitative estimate of drug-likeness (QED) is 0.407. The summed E-state index contributed by atoms with van der Waals surface area (Å²) in [5, 5.41) is 5.38. The van der Waals surface area contributed by atoms with Crippen molar-refractivity contribution in [2.45, 2.75) is 6.92 Å². The zero-order valence-corrected chi connectivity index (χ0v) is 4.42. The summed E-state index contributed by atoms with van der Waals surface area (Å²) in [5.41, 5.74) is 1.61. The van der Waals surface area contributed by atoms with Crippen molar-refractivity contribution >= 4 is 6.03 Å². The normalized spacial score (nSPS) is 7.62. The van der Waals surface area contributed by atoms with Gasteiger partial charge in [-0.3, -0.25) is 0 Å². The predicted octanol–water partition coefficient (Wildman–Crippen LogP) is 0.00170. The Bertz CT molecular complexity index is 92.5. The number of nitrogens with zero attached hydrogens (tertiary/aromatic N) is 2. The van der Waals surface area contributed by atoms with E-state index in [9.17, 15) is 9.70 Å². The van der Waals surface area contributed by atoms with Crippen LogP contribution in [0.15, 0.2) is 5.29 Å². The molecule has 0 aromatic carbocycles. The average Bonchev–Trinajstić information content (AvgIpc) is 1.68. The highest BCUT2D eigenvalue weighted by Gasteiger charge is 1.94. The van der Waals surface area contributed by atoms with Crippen molar-refractivity contribution in [3.63, 3.8) is 0 Å². The maximum Gasteiger partial charge on any atom is 0.359 e. The molecule has 0 rings (SSSR count). The highest BCUT2D eigenvalue weighted by Crippen LogP contribution is 1.64. The monoisotopic (exact) mass is 116 g/mol. The van der Waals surface area contributed by atoms with E-state index in [-0.39, 0.29) is 0 Å². The summed E-state index contributed by atoms with van der Waals surface area (Å²) in [6.07, 6.45) is 0. The lowest BCUT2D eigenvalue weighted by Crippen LogP contribution is -2.25. The molecule has 1 radical (unpaired) electrons. The van der Waals surface area contributed by atoms with Crippen molar-refractivity contribution in [1.29, 1.82) is 0 Å². The summed E-state index contributed by atoms with van der Waals surface area (Å²) in [5.74, 6) is 0. The number of rotatable bonds is 2. The van der Waals surface area contributed by atoms with E-state index in [1.807, 2.05) is 0 Å². The van der Waals surface area contributed by atoms with Gasteiger partial charge in [0.05, 0.1) is 5.29 Å². The Balaban J connectivity index is 3.18. The zero-order valence-electron chi connectivity index (χ0n) is 4.42. The Kier molecular flexibility index (Phi) is 3.47. The summed E-state index contributed by atoms with van der Waals surface area (Å²) < 4.78 is 0. The fourth-order valence-corrected chi connectivity index (χ4v) is 0.218. The molecule has 0 unspecified atom stereocenters. The number of carbonyl (C=O) groups is 1. The van der Waals surface area contributed by atoms with Gasteiger partial charge in [0, 0.05) is 6.54 Å². The molecule has 0 bridgehead atoms. The molecule has 0 fully saturated rings. The third kappa shape index (κ3) is 3.08. The molecule has 0 saturated heterocycles. The molecule has 0 atom stereocenters. The van der Waals surface area contributed by atoms with E-state index in [0.29, 0.717) is 6.54 Å². The average molecular weight is 116 g/mol. The van der Waals surface area contributed by atoms with Crippen molar-refractivity contribution in [2.24, 2.45) is 5.29 Å². The van der Waals surface area contributed by atoms with Crippen molar-refractivity contribution in [1.82, 2.24) is 10.7 Å². The largest absolute Gasteiger partial charge is 0.359 e. The zero-order chi connectivity index (χ0) is 6.41. The van der Waals surface area contributed by atoms with Crippen LogP contribution < -0.4 is 10.7 Å². The molecular formula is C3H6N3O2. The minimum atomic E-state index is -0.692. The molecular weight excluding hydrogens is 110 g/mol. The molecule has 0 aromatic rings. The molecule has 0 aliphatic heterocycles. The molecule has 1 N–H and O–H groups in total. The summed E-state index contributed by atoms with van der Waals surface area (Å²) in [6, 6.07) is -0.692. The second kappa shape index (κ2) is 4.04. The van der Waals surface area contributed by atoms with E-state index < -0.39 is 6.03 Å². The number of nitrogens with one attached hydrogen (secondary N) is 1. The van der Waals surface area contributed by atoms with Gasteiger partial charge in [0.15, 0.2) is 0 Å². The summed E-state index contributed by atoms with van der Waals surface area (Å²) in [4.78, 5) is 19.3. The molecule has 0 saturated carbocycles. The molecule has 5 nitrogen and oxygen atoms in total. The van der Waals surface area contributed by atoms with Crippen LogP contribution in [0.25, 0.3) is 0 Å². The van der Waals surface area contributed by atoms with Crippen LogP contribution in [0, 0.1) is 4.91 Å². The van der Waals surface area contributed by atoms with Gasteiger partial charge in [-0.15, -0.1) is 4.91 Å². The predicted molar refractivity (Wildman–Crippen MR) is 27.0 cm³/mol. The summed E-state index contributed by atoms with van der Waals surface area (Å²) in [6.45, 7) is 2.05. The van der Waals surface area contributed by atoms with Gasteiger partial charge in [-0.2, -0.15) is 5.43 Å². The first kappa shape index (κ1) is 6.87. The third-order valence-electron chi connectivity index (χ3n) is 0.443. The van der Waals surface area contributed by atoms with Crippen LogP contribution in [0.2, 0.25) is 0 Å². The second-order valence-corrected chi connectivity index (χ2v) is 0.983. The molecule has 0 aromatic heterocycles. The molecule has 0 heterocycles. The van der Waals surface area contributed by atoms with Crippen molar-refractivity contribution in [2.75, 3.05) is 6.54 Å². The Hall–Kier alpha value is -1.13. The number of hydrogen-bond acceptors (Lipinski definition) is 3. The van der Waals surface area contributed by atoms with Gasteiger partial charge in [-0.05, 0) is 6.92 Å². The maximum atomic E-state index is 10.1. The van der Waals surface area contributed by atoms with Gasteiger partial charge in [-0.1, -0.05) is 0 Å². The number of urea groups is 1. The number of carbonyl (C=O) groups excluding carboxylic acids is 1. The minimum Gasteiger partial charge on any atom is -0.245 e. The first-order valence-electron chi connectivity index (χ1n) is 2.11. The Labute approximate surface area is 46.4 Å². The number of hydrogen-bond donors (Lipinski definition) is 1. The Morgan fingerprint density at radius 2 is 2.38 bits per heavy atom. The van der Waals surface area contributed by atoms with Crippen LogP contribution in [-0.2, 0) is 0 Å². The molecule has 0 aliphatic rings. The third-order valence-corrected chi connectivity index (χ3v) is 0.443. The molecule has 2 amide bonds. The van der Waals surface area contributed by atoms with Gasteiger partial charge in [0.25, 0.3) is 0 Å².